The van der Waals surface area contributed by atoms with Gasteiger partial charge in [0.2, 0.25) is 0 Å². The molecule has 0 aromatic carbocycles. The third kappa shape index (κ3) is 3.48. The number of aliphatic carboxylic acids is 2. The van der Waals surface area contributed by atoms with Crippen molar-refractivity contribution in [3.8, 4) is 0 Å². The average molecular weight is 146 g/mol. The zero-order valence-electron chi connectivity index (χ0n) is 4.94. The van der Waals surface area contributed by atoms with Gasteiger partial charge in [-0.3, -0.25) is 4.79 Å². The fourth-order valence-corrected chi connectivity index (χ4v) is 0.271. The summed E-state index contributed by atoms with van der Waals surface area (Å²) in [6.07, 6.45) is 0.225. The van der Waals surface area contributed by atoms with Gasteiger partial charge in [0, 0.05) is 0 Å². The Balaban J connectivity index is 3.92. The van der Waals surface area contributed by atoms with E-state index in [1.807, 2.05) is 0 Å². The molecule has 0 aliphatic rings. The molecule has 0 saturated carbocycles. The number of aliphatic hydroxyl groups excluding tert-OH is 1. The van der Waals surface area contributed by atoms with Crippen LogP contribution < -0.4 is 0 Å². The van der Waals surface area contributed by atoms with E-state index in [0.29, 0.717) is 6.08 Å². The first-order chi connectivity index (χ1) is 4.54. The van der Waals surface area contributed by atoms with E-state index in [9.17, 15) is 9.59 Å². The van der Waals surface area contributed by atoms with Crippen LogP contribution in [0.2, 0.25) is 0 Å². The third-order valence-corrected chi connectivity index (χ3v) is 0.689. The topological polar surface area (TPSA) is 94.8 Å². The molecular formula is C5H6O5. The summed E-state index contributed by atoms with van der Waals surface area (Å²) in [7, 11) is 0. The van der Waals surface area contributed by atoms with Gasteiger partial charge in [0.05, 0.1) is 6.42 Å². The second-order valence-electron chi connectivity index (χ2n) is 1.49. The lowest BCUT2D eigenvalue weighted by Gasteiger charge is -1.88. The molecule has 0 aliphatic carbocycles. The van der Waals surface area contributed by atoms with Crippen molar-refractivity contribution in [2.45, 2.75) is 6.42 Å². The molecule has 0 spiro atoms. The average Bonchev–Trinajstić information content (AvgIpc) is 1.82. The standard InChI is InChI=1S/C5H6O5/c6-3(5(9)10)1-2-4(7)8/h1,6H,2H2,(H,7,8)(H,9,10). The van der Waals surface area contributed by atoms with Gasteiger partial charge in [-0.05, 0) is 6.08 Å². The molecule has 0 fully saturated rings. The predicted octanol–water partition coefficient (Wildman–Crippen LogP) is -0.0124. The lowest BCUT2D eigenvalue weighted by atomic mass is 10.3. The van der Waals surface area contributed by atoms with Crippen molar-refractivity contribution in [1.82, 2.24) is 0 Å². The van der Waals surface area contributed by atoms with Crippen molar-refractivity contribution < 1.29 is 24.9 Å². The molecule has 0 atom stereocenters. The van der Waals surface area contributed by atoms with Gasteiger partial charge in [0.15, 0.2) is 5.76 Å². The summed E-state index contributed by atoms with van der Waals surface area (Å²) in [4.78, 5) is 19.6. The molecule has 56 valence electrons. The number of carboxylic acid groups (broad SMARTS) is 2. The molecular weight excluding hydrogens is 140 g/mol. The molecule has 3 N–H and O–H groups in total. The first kappa shape index (κ1) is 8.48. The third-order valence-electron chi connectivity index (χ3n) is 0.689. The maximum Gasteiger partial charge on any atom is 0.370 e. The second-order valence-corrected chi connectivity index (χ2v) is 1.49. The fraction of sp³-hybridized carbons (Fsp3) is 0.200. The second kappa shape index (κ2) is 3.49. The van der Waals surface area contributed by atoms with Crippen LogP contribution in [-0.2, 0) is 9.59 Å². The zero-order chi connectivity index (χ0) is 8.15. The van der Waals surface area contributed by atoms with Gasteiger partial charge in [0.1, 0.15) is 0 Å². The van der Waals surface area contributed by atoms with E-state index < -0.39 is 24.1 Å². The van der Waals surface area contributed by atoms with Crippen LogP contribution in [0.15, 0.2) is 11.8 Å². The van der Waals surface area contributed by atoms with Crippen molar-refractivity contribution in [2.24, 2.45) is 0 Å². The number of carbonyl (C=O) groups is 2. The molecule has 10 heavy (non-hydrogen) atoms. The van der Waals surface area contributed by atoms with Crippen LogP contribution >= 0.6 is 0 Å². The summed E-state index contributed by atoms with van der Waals surface area (Å²) in [6.45, 7) is 0. The molecule has 0 aliphatic heterocycles. The Labute approximate surface area is 56.2 Å². The molecule has 5 nitrogen and oxygen atoms in total. The van der Waals surface area contributed by atoms with Crippen LogP contribution in [0.5, 0.6) is 0 Å². The van der Waals surface area contributed by atoms with Crippen molar-refractivity contribution in [3.05, 3.63) is 11.8 Å². The molecule has 0 rings (SSSR count). The van der Waals surface area contributed by atoms with Gasteiger partial charge >= 0.3 is 11.9 Å². The monoisotopic (exact) mass is 146 g/mol. The normalized spacial score (nSPS) is 11.0. The molecule has 0 saturated heterocycles. The van der Waals surface area contributed by atoms with E-state index in [0.717, 1.165) is 0 Å². The molecule has 0 unspecified atom stereocenters. The maximum absolute atomic E-state index is 9.80. The minimum Gasteiger partial charge on any atom is -0.502 e. The molecule has 0 radical (unpaired) electrons. The van der Waals surface area contributed by atoms with Crippen molar-refractivity contribution in [3.63, 3.8) is 0 Å². The van der Waals surface area contributed by atoms with Gasteiger partial charge in [-0.25, -0.2) is 4.79 Å². The summed E-state index contributed by atoms with van der Waals surface area (Å²) in [6, 6.07) is 0. The Morgan fingerprint density at radius 3 is 2.00 bits per heavy atom. The maximum atomic E-state index is 9.80. The van der Waals surface area contributed by atoms with Crippen LogP contribution in [0.4, 0.5) is 0 Å². The Kier molecular flexibility index (Phi) is 2.96. The first-order valence-electron chi connectivity index (χ1n) is 2.38. The van der Waals surface area contributed by atoms with Gasteiger partial charge in [-0.2, -0.15) is 0 Å². The van der Waals surface area contributed by atoms with E-state index in [1.165, 1.54) is 0 Å². The number of hydrogen-bond acceptors (Lipinski definition) is 3. The zero-order valence-corrected chi connectivity index (χ0v) is 4.94. The molecule has 0 amide bonds. The van der Waals surface area contributed by atoms with Gasteiger partial charge in [-0.15, -0.1) is 0 Å². The lowest BCUT2D eigenvalue weighted by Crippen LogP contribution is -2.00. The molecule has 0 aromatic heterocycles. The molecule has 0 bridgehead atoms. The highest BCUT2D eigenvalue weighted by Crippen LogP contribution is 1.90. The Bertz CT molecular complexity index is 180. The SMILES string of the molecule is O=C(O)CC=C(O)C(=O)O. The largest absolute Gasteiger partial charge is 0.502 e. The number of aliphatic hydroxyl groups is 1. The summed E-state index contributed by atoms with van der Waals surface area (Å²) in [5, 5.41) is 24.4. The summed E-state index contributed by atoms with van der Waals surface area (Å²) in [5.74, 6) is -3.66. The number of carboxylic acids is 2. The van der Waals surface area contributed by atoms with Crippen LogP contribution in [0.25, 0.3) is 0 Å². The van der Waals surface area contributed by atoms with Gasteiger partial charge in [0.25, 0.3) is 0 Å². The smallest absolute Gasteiger partial charge is 0.370 e. The summed E-state index contributed by atoms with van der Waals surface area (Å²) in [5.41, 5.74) is 0. The summed E-state index contributed by atoms with van der Waals surface area (Å²) >= 11 is 0. The van der Waals surface area contributed by atoms with E-state index in [-0.39, 0.29) is 0 Å². The Hall–Kier alpha value is -1.52. The minimum atomic E-state index is -1.53. The Morgan fingerprint density at radius 2 is 1.70 bits per heavy atom. The Morgan fingerprint density at radius 1 is 1.20 bits per heavy atom. The van der Waals surface area contributed by atoms with Gasteiger partial charge < -0.3 is 15.3 Å². The predicted molar refractivity (Wildman–Crippen MR) is 30.6 cm³/mol. The lowest BCUT2D eigenvalue weighted by molar-refractivity contribution is -0.136. The molecule has 0 aromatic rings. The number of hydrogen-bond donors (Lipinski definition) is 3. The quantitative estimate of drug-likeness (QED) is 0.384. The molecule has 5 heteroatoms. The van der Waals surface area contributed by atoms with Crippen LogP contribution in [0.3, 0.4) is 0 Å². The van der Waals surface area contributed by atoms with Crippen LogP contribution in [0, 0.1) is 0 Å². The van der Waals surface area contributed by atoms with E-state index >= 15 is 0 Å². The van der Waals surface area contributed by atoms with Gasteiger partial charge in [-0.1, -0.05) is 0 Å². The van der Waals surface area contributed by atoms with Crippen molar-refractivity contribution >= 4 is 11.9 Å². The van der Waals surface area contributed by atoms with E-state index in [4.69, 9.17) is 15.3 Å². The van der Waals surface area contributed by atoms with Crippen LogP contribution in [-0.4, -0.2) is 27.3 Å². The summed E-state index contributed by atoms with van der Waals surface area (Å²) < 4.78 is 0. The highest BCUT2D eigenvalue weighted by Gasteiger charge is 2.03. The highest BCUT2D eigenvalue weighted by molar-refractivity contribution is 5.84. The first-order valence-corrected chi connectivity index (χ1v) is 2.38. The van der Waals surface area contributed by atoms with E-state index in [2.05, 4.69) is 0 Å². The number of rotatable bonds is 3. The highest BCUT2D eigenvalue weighted by atomic mass is 16.4. The van der Waals surface area contributed by atoms with Crippen molar-refractivity contribution in [2.75, 3.05) is 0 Å². The van der Waals surface area contributed by atoms with Crippen molar-refractivity contribution in [1.29, 1.82) is 0 Å². The minimum absolute atomic E-state index is 0.488. The van der Waals surface area contributed by atoms with Crippen LogP contribution in [0.1, 0.15) is 6.42 Å². The molecule has 0 heterocycles. The fourth-order valence-electron chi connectivity index (χ4n) is 0.271. The van der Waals surface area contributed by atoms with E-state index in [1.54, 1.807) is 0 Å².